The summed E-state index contributed by atoms with van der Waals surface area (Å²) >= 11 is 1.29. The third-order valence-electron chi connectivity index (χ3n) is 6.72. The molecule has 0 aliphatic carbocycles. The first-order valence-corrected chi connectivity index (χ1v) is 13.2. The van der Waals surface area contributed by atoms with Gasteiger partial charge in [-0.25, -0.2) is 0 Å². The standard InChI is InChI=1S/C28H31N5O4S/c29-26(30)23-13-12-21(38-23)17-31-27(37)28(32-18-25(35)36)14-7-15-33(28)24(34)16-22(19-8-3-1-4-9-19)20-10-5-2-6-11-20/h1-6,8-13,22,32H,7,14-18H2,(H3,29,30)(H,31,37)(H,35,36)/t28-/m1/s1. The molecule has 10 heteroatoms. The van der Waals surface area contributed by atoms with Crippen molar-refractivity contribution in [3.63, 3.8) is 0 Å². The van der Waals surface area contributed by atoms with E-state index >= 15 is 0 Å². The number of hydrogen-bond donors (Lipinski definition) is 5. The van der Waals surface area contributed by atoms with Crippen molar-refractivity contribution >= 4 is 35.0 Å². The van der Waals surface area contributed by atoms with Crippen molar-refractivity contribution in [2.24, 2.45) is 5.73 Å². The van der Waals surface area contributed by atoms with Crippen molar-refractivity contribution in [2.45, 2.75) is 37.4 Å². The lowest BCUT2D eigenvalue weighted by Gasteiger charge is -2.38. The quantitative estimate of drug-likeness (QED) is 0.189. The van der Waals surface area contributed by atoms with Crippen molar-refractivity contribution in [3.05, 3.63) is 93.7 Å². The van der Waals surface area contributed by atoms with Gasteiger partial charge in [-0.15, -0.1) is 11.3 Å². The van der Waals surface area contributed by atoms with Gasteiger partial charge in [0.2, 0.25) is 5.91 Å². The number of aliphatic carboxylic acids is 1. The average Bonchev–Trinajstić information content (AvgIpc) is 3.58. The van der Waals surface area contributed by atoms with E-state index in [0.717, 1.165) is 16.0 Å². The number of carboxylic acids is 1. The lowest BCUT2D eigenvalue weighted by molar-refractivity contribution is -0.149. The second-order valence-corrected chi connectivity index (χ2v) is 10.4. The number of thiophene rings is 1. The summed E-state index contributed by atoms with van der Waals surface area (Å²) in [7, 11) is 0. The van der Waals surface area contributed by atoms with E-state index in [1.54, 1.807) is 12.1 Å². The van der Waals surface area contributed by atoms with Gasteiger partial charge in [0.1, 0.15) is 5.84 Å². The molecule has 2 amide bonds. The molecule has 1 aromatic heterocycles. The van der Waals surface area contributed by atoms with E-state index in [1.165, 1.54) is 16.2 Å². The van der Waals surface area contributed by atoms with Gasteiger partial charge in [-0.2, -0.15) is 0 Å². The predicted molar refractivity (Wildman–Crippen MR) is 146 cm³/mol. The number of carbonyl (C=O) groups excluding carboxylic acids is 2. The number of nitrogens with two attached hydrogens (primary N) is 1. The summed E-state index contributed by atoms with van der Waals surface area (Å²) in [6.45, 7) is 0.0418. The molecule has 9 nitrogen and oxygen atoms in total. The molecule has 4 rings (SSSR count). The van der Waals surface area contributed by atoms with Crippen molar-refractivity contribution < 1.29 is 19.5 Å². The van der Waals surface area contributed by atoms with Gasteiger partial charge in [-0.1, -0.05) is 60.7 Å². The van der Waals surface area contributed by atoms with Crippen LogP contribution in [0.3, 0.4) is 0 Å². The molecule has 0 bridgehead atoms. The van der Waals surface area contributed by atoms with Crippen LogP contribution in [0.4, 0.5) is 0 Å². The molecule has 38 heavy (non-hydrogen) atoms. The number of amidine groups is 1. The fourth-order valence-electron chi connectivity index (χ4n) is 4.89. The Morgan fingerprint density at radius 3 is 2.21 bits per heavy atom. The van der Waals surface area contributed by atoms with Crippen molar-refractivity contribution in [2.75, 3.05) is 13.1 Å². The van der Waals surface area contributed by atoms with Gasteiger partial charge in [0.15, 0.2) is 5.66 Å². The highest BCUT2D eigenvalue weighted by atomic mass is 32.1. The normalized spacial score (nSPS) is 16.9. The molecule has 1 fully saturated rings. The molecule has 1 aliphatic rings. The van der Waals surface area contributed by atoms with Crippen molar-refractivity contribution in [3.8, 4) is 0 Å². The monoisotopic (exact) mass is 533 g/mol. The largest absolute Gasteiger partial charge is 0.480 e. The number of likely N-dealkylation sites (tertiary alicyclic amines) is 1. The lowest BCUT2D eigenvalue weighted by Crippen LogP contribution is -2.66. The summed E-state index contributed by atoms with van der Waals surface area (Å²) in [5.41, 5.74) is 6.04. The number of carbonyl (C=O) groups is 3. The second-order valence-electron chi connectivity index (χ2n) is 9.20. The lowest BCUT2D eigenvalue weighted by atomic mass is 9.88. The predicted octanol–water partition coefficient (Wildman–Crippen LogP) is 2.86. The van der Waals surface area contributed by atoms with E-state index in [2.05, 4.69) is 10.6 Å². The summed E-state index contributed by atoms with van der Waals surface area (Å²) in [5, 5.41) is 22.7. The number of rotatable bonds is 11. The van der Waals surface area contributed by atoms with Gasteiger partial charge in [0, 0.05) is 23.8 Å². The molecule has 198 valence electrons. The van der Waals surface area contributed by atoms with Crippen LogP contribution in [-0.2, 0) is 20.9 Å². The van der Waals surface area contributed by atoms with Gasteiger partial charge >= 0.3 is 5.97 Å². The van der Waals surface area contributed by atoms with Crippen LogP contribution in [-0.4, -0.2) is 52.4 Å². The first-order chi connectivity index (χ1) is 18.3. The first kappa shape index (κ1) is 27.0. The van der Waals surface area contributed by atoms with Crippen LogP contribution in [0.15, 0.2) is 72.8 Å². The Labute approximate surface area is 225 Å². The van der Waals surface area contributed by atoms with Crippen molar-refractivity contribution in [1.29, 1.82) is 5.41 Å². The molecule has 0 unspecified atom stereocenters. The molecule has 0 saturated carbocycles. The van der Waals surface area contributed by atoms with Gasteiger partial charge in [0.05, 0.1) is 18.0 Å². The molecule has 6 N–H and O–H groups in total. The molecule has 1 aliphatic heterocycles. The molecule has 3 aromatic rings. The Morgan fingerprint density at radius 2 is 1.66 bits per heavy atom. The number of carboxylic acid groups (broad SMARTS) is 1. The Bertz CT molecular complexity index is 1260. The van der Waals surface area contributed by atoms with Gasteiger partial charge < -0.3 is 21.1 Å². The molecule has 2 aromatic carbocycles. The molecule has 2 heterocycles. The zero-order valence-corrected chi connectivity index (χ0v) is 21.7. The van der Waals surface area contributed by atoms with Crippen LogP contribution in [0.2, 0.25) is 0 Å². The molecule has 1 saturated heterocycles. The molecule has 1 atom stereocenters. The summed E-state index contributed by atoms with van der Waals surface area (Å²) < 4.78 is 0. The first-order valence-electron chi connectivity index (χ1n) is 12.4. The maximum Gasteiger partial charge on any atom is 0.317 e. The third kappa shape index (κ3) is 6.09. The molecular weight excluding hydrogens is 502 g/mol. The van der Waals surface area contributed by atoms with Gasteiger partial charge in [-0.3, -0.25) is 25.1 Å². The molecule has 0 spiro atoms. The van der Waals surface area contributed by atoms with E-state index in [4.69, 9.17) is 11.1 Å². The molecular formula is C28H31N5O4S. The highest BCUT2D eigenvalue weighted by Gasteiger charge is 2.50. The Kier molecular flexibility index (Phi) is 8.55. The maximum absolute atomic E-state index is 13.8. The average molecular weight is 534 g/mol. The smallest absolute Gasteiger partial charge is 0.317 e. The highest BCUT2D eigenvalue weighted by molar-refractivity contribution is 7.14. The zero-order valence-electron chi connectivity index (χ0n) is 20.9. The summed E-state index contributed by atoms with van der Waals surface area (Å²) in [5.74, 6) is -2.08. The second kappa shape index (κ2) is 12.0. The van der Waals surface area contributed by atoms with Crippen LogP contribution in [0, 0.1) is 5.41 Å². The van der Waals surface area contributed by atoms with E-state index in [0.29, 0.717) is 24.3 Å². The van der Waals surface area contributed by atoms with Crippen LogP contribution in [0.5, 0.6) is 0 Å². The van der Waals surface area contributed by atoms with Crippen LogP contribution < -0.4 is 16.4 Å². The van der Waals surface area contributed by atoms with Crippen LogP contribution in [0.25, 0.3) is 0 Å². The fraction of sp³-hybridized carbons (Fsp3) is 0.286. The third-order valence-corrected chi connectivity index (χ3v) is 7.84. The number of benzene rings is 2. The number of amides is 2. The van der Waals surface area contributed by atoms with Gasteiger partial charge in [0.25, 0.3) is 5.91 Å². The van der Waals surface area contributed by atoms with E-state index in [1.807, 2.05) is 60.7 Å². The Morgan fingerprint density at radius 1 is 1.03 bits per heavy atom. The SMILES string of the molecule is N=C(N)c1ccc(CNC(=O)[C@@]2(NCC(=O)O)CCCN2C(=O)CC(c2ccccc2)c2ccccc2)s1. The number of nitrogens with zero attached hydrogens (tertiary/aromatic N) is 1. The van der Waals surface area contributed by atoms with Crippen LogP contribution >= 0.6 is 11.3 Å². The number of nitrogens with one attached hydrogen (secondary N) is 3. The summed E-state index contributed by atoms with van der Waals surface area (Å²) in [4.78, 5) is 41.8. The topological polar surface area (TPSA) is 149 Å². The summed E-state index contributed by atoms with van der Waals surface area (Å²) in [6, 6.07) is 23.0. The van der Waals surface area contributed by atoms with E-state index in [9.17, 15) is 19.5 Å². The maximum atomic E-state index is 13.8. The Balaban J connectivity index is 1.58. The van der Waals surface area contributed by atoms with Crippen molar-refractivity contribution in [1.82, 2.24) is 15.5 Å². The van der Waals surface area contributed by atoms with Gasteiger partial charge in [-0.05, 0) is 36.1 Å². The Hall–Kier alpha value is -4.02. The molecule has 0 radical (unpaired) electrons. The minimum Gasteiger partial charge on any atom is -0.480 e. The van der Waals surface area contributed by atoms with E-state index < -0.39 is 24.1 Å². The minimum absolute atomic E-state index is 0.0499. The minimum atomic E-state index is -1.48. The zero-order chi connectivity index (χ0) is 27.1. The van der Waals surface area contributed by atoms with E-state index in [-0.39, 0.29) is 30.6 Å². The fourth-order valence-corrected chi connectivity index (χ4v) is 5.70. The van der Waals surface area contributed by atoms with Crippen LogP contribution in [0.1, 0.15) is 46.1 Å². The highest BCUT2D eigenvalue weighted by Crippen LogP contribution is 2.33. The number of nitrogen functional groups attached to an aromatic ring is 1. The number of hydrogen-bond acceptors (Lipinski definition) is 6. The summed E-state index contributed by atoms with van der Waals surface area (Å²) in [6.07, 6.45) is 0.980.